The van der Waals surface area contributed by atoms with Crippen LogP contribution in [0.3, 0.4) is 0 Å². The predicted octanol–water partition coefficient (Wildman–Crippen LogP) is 4.94. The summed E-state index contributed by atoms with van der Waals surface area (Å²) in [4.78, 5) is 28.9. The Morgan fingerprint density at radius 3 is 2.30 bits per heavy atom. The number of carbonyl (C=O) groups is 2. The van der Waals surface area contributed by atoms with Gasteiger partial charge < -0.3 is 10.2 Å². The minimum Gasteiger partial charge on any atom is -0.354 e. The second kappa shape index (κ2) is 13.9. The first-order valence-electron chi connectivity index (χ1n) is 10.9. The van der Waals surface area contributed by atoms with Crippen LogP contribution in [0.5, 0.6) is 0 Å². The van der Waals surface area contributed by atoms with E-state index >= 15 is 0 Å². The highest BCUT2D eigenvalue weighted by Crippen LogP contribution is 2.19. The Kier molecular flexibility index (Phi) is 11.1. The standard InChI is InChI=1S/C25H34N2O2S/c1-3-5-18-26-25(29)23(4-2)27(19-16-21-12-8-6-9-13-21)24(28)17-20-30-22-14-10-7-11-15-22/h6-15,23H,3-5,16-20H2,1-2H3,(H,26,29). The molecule has 5 heteroatoms. The Morgan fingerprint density at radius 1 is 1.00 bits per heavy atom. The third kappa shape index (κ3) is 8.23. The normalized spacial score (nSPS) is 11.7. The summed E-state index contributed by atoms with van der Waals surface area (Å²) in [5.41, 5.74) is 1.18. The van der Waals surface area contributed by atoms with E-state index in [-0.39, 0.29) is 11.8 Å². The molecule has 1 atom stereocenters. The smallest absolute Gasteiger partial charge is 0.242 e. The maximum Gasteiger partial charge on any atom is 0.242 e. The first-order chi connectivity index (χ1) is 14.7. The van der Waals surface area contributed by atoms with Gasteiger partial charge in [-0.3, -0.25) is 9.59 Å². The molecule has 2 aromatic carbocycles. The fourth-order valence-electron chi connectivity index (χ4n) is 3.32. The Morgan fingerprint density at radius 2 is 1.67 bits per heavy atom. The van der Waals surface area contributed by atoms with Crippen LogP contribution in [0.4, 0.5) is 0 Å². The molecule has 2 amide bonds. The Bertz CT molecular complexity index is 752. The van der Waals surface area contributed by atoms with Crippen LogP contribution < -0.4 is 5.32 Å². The van der Waals surface area contributed by atoms with Crippen molar-refractivity contribution in [3.8, 4) is 0 Å². The summed E-state index contributed by atoms with van der Waals surface area (Å²) in [5, 5.41) is 3.01. The van der Waals surface area contributed by atoms with Gasteiger partial charge in [0.15, 0.2) is 0 Å². The summed E-state index contributed by atoms with van der Waals surface area (Å²) in [5.74, 6) is 0.716. The first-order valence-corrected chi connectivity index (χ1v) is 11.9. The number of carbonyl (C=O) groups excluding carboxylic acids is 2. The highest BCUT2D eigenvalue weighted by molar-refractivity contribution is 7.99. The maximum absolute atomic E-state index is 13.1. The molecular weight excluding hydrogens is 392 g/mol. The van der Waals surface area contributed by atoms with Gasteiger partial charge in [0.2, 0.25) is 11.8 Å². The third-order valence-corrected chi connectivity index (χ3v) is 6.04. The lowest BCUT2D eigenvalue weighted by Gasteiger charge is -2.30. The quantitative estimate of drug-likeness (QED) is 0.365. The molecule has 4 nitrogen and oxygen atoms in total. The highest BCUT2D eigenvalue weighted by Gasteiger charge is 2.27. The van der Waals surface area contributed by atoms with Gasteiger partial charge in [0, 0.05) is 30.2 Å². The molecule has 2 aromatic rings. The lowest BCUT2D eigenvalue weighted by atomic mass is 10.1. The molecule has 1 unspecified atom stereocenters. The minimum atomic E-state index is -0.417. The number of hydrogen-bond acceptors (Lipinski definition) is 3. The predicted molar refractivity (Wildman–Crippen MR) is 126 cm³/mol. The molecule has 0 aliphatic carbocycles. The van der Waals surface area contributed by atoms with Gasteiger partial charge in [-0.1, -0.05) is 68.8 Å². The van der Waals surface area contributed by atoms with Crippen molar-refractivity contribution in [2.75, 3.05) is 18.8 Å². The largest absolute Gasteiger partial charge is 0.354 e. The number of amides is 2. The lowest BCUT2D eigenvalue weighted by Crippen LogP contribution is -2.50. The molecule has 0 bridgehead atoms. The second-order valence-electron chi connectivity index (χ2n) is 7.30. The monoisotopic (exact) mass is 426 g/mol. The van der Waals surface area contributed by atoms with Gasteiger partial charge in [-0.15, -0.1) is 11.8 Å². The molecule has 0 radical (unpaired) electrons. The molecule has 2 rings (SSSR count). The molecule has 0 saturated heterocycles. The van der Waals surface area contributed by atoms with E-state index in [0.29, 0.717) is 31.7 Å². The zero-order valence-electron chi connectivity index (χ0n) is 18.2. The average molecular weight is 427 g/mol. The first kappa shape index (κ1) is 24.0. The van der Waals surface area contributed by atoms with Crippen molar-refractivity contribution in [3.63, 3.8) is 0 Å². The average Bonchev–Trinajstić information content (AvgIpc) is 2.78. The summed E-state index contributed by atoms with van der Waals surface area (Å²) in [6, 6.07) is 19.8. The summed E-state index contributed by atoms with van der Waals surface area (Å²) in [6.45, 7) is 5.30. The molecule has 162 valence electrons. The van der Waals surface area contributed by atoms with Crippen LogP contribution in [0.2, 0.25) is 0 Å². The molecule has 0 aromatic heterocycles. The Balaban J connectivity index is 2.01. The van der Waals surface area contributed by atoms with Gasteiger partial charge in [0.1, 0.15) is 6.04 Å². The van der Waals surface area contributed by atoms with Crippen LogP contribution in [0.15, 0.2) is 65.6 Å². The molecule has 0 spiro atoms. The van der Waals surface area contributed by atoms with E-state index in [1.54, 1.807) is 16.7 Å². The van der Waals surface area contributed by atoms with Crippen molar-refractivity contribution in [1.29, 1.82) is 0 Å². The van der Waals surface area contributed by atoms with Gasteiger partial charge >= 0.3 is 0 Å². The van der Waals surface area contributed by atoms with E-state index in [1.165, 1.54) is 5.56 Å². The Hall–Kier alpha value is -2.27. The maximum atomic E-state index is 13.1. The van der Waals surface area contributed by atoms with Crippen LogP contribution in [0, 0.1) is 0 Å². The van der Waals surface area contributed by atoms with Gasteiger partial charge in [-0.25, -0.2) is 0 Å². The summed E-state index contributed by atoms with van der Waals surface area (Å²) < 4.78 is 0. The van der Waals surface area contributed by atoms with Crippen molar-refractivity contribution in [2.45, 2.75) is 56.9 Å². The number of nitrogens with zero attached hydrogens (tertiary/aromatic N) is 1. The van der Waals surface area contributed by atoms with Crippen molar-refractivity contribution >= 4 is 23.6 Å². The van der Waals surface area contributed by atoms with Gasteiger partial charge in [0.25, 0.3) is 0 Å². The molecule has 0 aliphatic rings. The van der Waals surface area contributed by atoms with E-state index in [0.717, 1.165) is 24.2 Å². The number of nitrogens with one attached hydrogen (secondary N) is 1. The zero-order valence-corrected chi connectivity index (χ0v) is 19.0. The number of rotatable bonds is 13. The number of hydrogen-bond donors (Lipinski definition) is 1. The zero-order chi connectivity index (χ0) is 21.6. The highest BCUT2D eigenvalue weighted by atomic mass is 32.2. The number of benzene rings is 2. The Labute approximate surface area is 185 Å². The van der Waals surface area contributed by atoms with E-state index in [2.05, 4.69) is 36.5 Å². The lowest BCUT2D eigenvalue weighted by molar-refractivity contribution is -0.140. The van der Waals surface area contributed by atoms with Gasteiger partial charge in [0.05, 0.1) is 0 Å². The SMILES string of the molecule is CCCCNC(=O)C(CC)N(CCc1ccccc1)C(=O)CCSc1ccccc1. The molecule has 0 fully saturated rings. The molecule has 30 heavy (non-hydrogen) atoms. The van der Waals surface area contributed by atoms with Gasteiger partial charge in [-0.05, 0) is 37.0 Å². The third-order valence-electron chi connectivity index (χ3n) is 5.03. The fraction of sp³-hybridized carbons (Fsp3) is 0.440. The summed E-state index contributed by atoms with van der Waals surface area (Å²) in [7, 11) is 0. The minimum absolute atomic E-state index is 0.0388. The van der Waals surface area contributed by atoms with Crippen molar-refractivity contribution < 1.29 is 9.59 Å². The van der Waals surface area contributed by atoms with Crippen molar-refractivity contribution in [3.05, 3.63) is 66.2 Å². The molecule has 0 heterocycles. The molecule has 0 saturated carbocycles. The van der Waals surface area contributed by atoms with Crippen molar-refractivity contribution in [1.82, 2.24) is 10.2 Å². The molecular formula is C25H34N2O2S. The van der Waals surface area contributed by atoms with Crippen LogP contribution >= 0.6 is 11.8 Å². The van der Waals surface area contributed by atoms with Crippen LogP contribution in [-0.4, -0.2) is 41.6 Å². The van der Waals surface area contributed by atoms with Gasteiger partial charge in [-0.2, -0.15) is 0 Å². The summed E-state index contributed by atoms with van der Waals surface area (Å²) in [6.07, 6.45) is 3.77. The summed E-state index contributed by atoms with van der Waals surface area (Å²) >= 11 is 1.68. The topological polar surface area (TPSA) is 49.4 Å². The van der Waals surface area contributed by atoms with Crippen LogP contribution in [0.1, 0.15) is 45.1 Å². The van der Waals surface area contributed by atoms with Crippen LogP contribution in [0.25, 0.3) is 0 Å². The number of thioether (sulfide) groups is 1. The second-order valence-corrected chi connectivity index (χ2v) is 8.47. The van der Waals surface area contributed by atoms with Crippen molar-refractivity contribution in [2.24, 2.45) is 0 Å². The van der Waals surface area contributed by atoms with E-state index in [9.17, 15) is 9.59 Å². The molecule has 0 aliphatic heterocycles. The van der Waals surface area contributed by atoms with E-state index < -0.39 is 6.04 Å². The fourth-order valence-corrected chi connectivity index (χ4v) is 4.18. The molecule has 1 N–H and O–H groups in total. The number of unbranched alkanes of at least 4 members (excludes halogenated alkanes) is 1. The van der Waals surface area contributed by atoms with E-state index in [1.807, 2.05) is 43.3 Å². The van der Waals surface area contributed by atoms with E-state index in [4.69, 9.17) is 0 Å². The van der Waals surface area contributed by atoms with Crippen LogP contribution in [-0.2, 0) is 16.0 Å².